The summed E-state index contributed by atoms with van der Waals surface area (Å²) in [7, 11) is 0. The molecule has 1 N–H and O–H groups in total. The molecule has 8 nitrogen and oxygen atoms in total. The van der Waals surface area contributed by atoms with E-state index in [0.717, 1.165) is 21.0 Å². The van der Waals surface area contributed by atoms with E-state index in [9.17, 15) is 19.2 Å². The largest absolute Gasteiger partial charge is 0.274 e. The van der Waals surface area contributed by atoms with Gasteiger partial charge in [0.05, 0.1) is 17.7 Å². The van der Waals surface area contributed by atoms with Gasteiger partial charge in [0.25, 0.3) is 11.8 Å². The standard InChI is InChI=1S/C20H20N4O4/c1-12-6-7-16(9-13(12)2)23-18(26)10-17(20(23)28)24(14(3)25)22-19(27)15-5-4-8-21-11-15/h4-9,11,17H,10H2,1-3H3,(H,22,27)/t17-/m0/s1. The van der Waals surface area contributed by atoms with Crippen LogP contribution < -0.4 is 10.3 Å². The fourth-order valence-corrected chi connectivity index (χ4v) is 3.00. The minimum absolute atomic E-state index is 0.210. The maximum atomic E-state index is 12.9. The van der Waals surface area contributed by atoms with Gasteiger partial charge < -0.3 is 0 Å². The van der Waals surface area contributed by atoms with E-state index >= 15 is 0 Å². The van der Waals surface area contributed by atoms with Crippen LogP contribution in [0.4, 0.5) is 5.69 Å². The summed E-state index contributed by atoms with van der Waals surface area (Å²) in [6, 6.07) is 7.27. The zero-order chi connectivity index (χ0) is 20.4. The Morgan fingerprint density at radius 2 is 1.93 bits per heavy atom. The number of hydrogen-bond donors (Lipinski definition) is 1. The highest BCUT2D eigenvalue weighted by molar-refractivity contribution is 6.23. The van der Waals surface area contributed by atoms with Gasteiger partial charge >= 0.3 is 0 Å². The van der Waals surface area contributed by atoms with Crippen LogP contribution in [-0.4, -0.2) is 39.7 Å². The van der Waals surface area contributed by atoms with Crippen molar-refractivity contribution in [3.63, 3.8) is 0 Å². The van der Waals surface area contributed by atoms with Crippen LogP contribution >= 0.6 is 0 Å². The maximum Gasteiger partial charge on any atom is 0.271 e. The van der Waals surface area contributed by atoms with Crippen LogP contribution in [0.1, 0.15) is 34.8 Å². The molecule has 1 aliphatic heterocycles. The number of benzene rings is 1. The average molecular weight is 380 g/mol. The number of hydrazine groups is 1. The predicted octanol–water partition coefficient (Wildman–Crippen LogP) is 1.52. The smallest absolute Gasteiger partial charge is 0.271 e. The Balaban J connectivity index is 1.85. The molecule has 1 aromatic carbocycles. The van der Waals surface area contributed by atoms with E-state index in [1.54, 1.807) is 18.2 Å². The predicted molar refractivity (Wildman–Crippen MR) is 101 cm³/mol. The van der Waals surface area contributed by atoms with Crippen molar-refractivity contribution in [3.8, 4) is 0 Å². The summed E-state index contributed by atoms with van der Waals surface area (Å²) < 4.78 is 0. The second-order valence-corrected chi connectivity index (χ2v) is 6.63. The first kappa shape index (κ1) is 19.2. The van der Waals surface area contributed by atoms with Crippen molar-refractivity contribution in [2.24, 2.45) is 0 Å². The zero-order valence-electron chi connectivity index (χ0n) is 15.8. The van der Waals surface area contributed by atoms with Crippen LogP contribution in [0.15, 0.2) is 42.7 Å². The number of rotatable bonds is 3. The Morgan fingerprint density at radius 1 is 1.18 bits per heavy atom. The minimum atomic E-state index is -1.10. The van der Waals surface area contributed by atoms with Crippen molar-refractivity contribution in [2.45, 2.75) is 33.2 Å². The number of nitrogens with zero attached hydrogens (tertiary/aromatic N) is 3. The molecule has 1 saturated heterocycles. The molecule has 2 heterocycles. The van der Waals surface area contributed by atoms with Crippen molar-refractivity contribution in [3.05, 3.63) is 59.4 Å². The highest BCUT2D eigenvalue weighted by Gasteiger charge is 2.44. The second-order valence-electron chi connectivity index (χ2n) is 6.63. The summed E-state index contributed by atoms with van der Waals surface area (Å²) in [5.41, 5.74) is 5.08. The van der Waals surface area contributed by atoms with E-state index in [0.29, 0.717) is 5.69 Å². The summed E-state index contributed by atoms with van der Waals surface area (Å²) in [6.45, 7) is 5.04. The topological polar surface area (TPSA) is 99.7 Å². The first-order valence-electron chi connectivity index (χ1n) is 8.74. The lowest BCUT2D eigenvalue weighted by Crippen LogP contribution is -2.54. The monoisotopic (exact) mass is 380 g/mol. The lowest BCUT2D eigenvalue weighted by molar-refractivity contribution is -0.139. The summed E-state index contributed by atoms with van der Waals surface area (Å²) >= 11 is 0. The van der Waals surface area contributed by atoms with Gasteiger partial charge in [0, 0.05) is 19.3 Å². The maximum absolute atomic E-state index is 12.9. The first-order chi connectivity index (χ1) is 13.3. The van der Waals surface area contributed by atoms with Crippen molar-refractivity contribution in [2.75, 3.05) is 4.90 Å². The number of carbonyl (C=O) groups excluding carboxylic acids is 4. The van der Waals surface area contributed by atoms with E-state index in [1.807, 2.05) is 19.9 Å². The Hall–Kier alpha value is -3.55. The summed E-state index contributed by atoms with van der Waals surface area (Å²) in [5, 5.41) is 0.913. The molecule has 0 radical (unpaired) electrons. The molecule has 144 valence electrons. The number of aryl methyl sites for hydroxylation is 2. The van der Waals surface area contributed by atoms with Crippen LogP contribution in [0.3, 0.4) is 0 Å². The lowest BCUT2D eigenvalue weighted by atomic mass is 10.1. The molecule has 1 atom stereocenters. The quantitative estimate of drug-likeness (QED) is 0.643. The molecule has 2 aromatic rings. The van der Waals surface area contributed by atoms with Gasteiger partial charge in [-0.1, -0.05) is 6.07 Å². The average Bonchev–Trinajstić information content (AvgIpc) is 2.96. The van der Waals surface area contributed by atoms with Crippen molar-refractivity contribution < 1.29 is 19.2 Å². The molecule has 8 heteroatoms. The van der Waals surface area contributed by atoms with Gasteiger partial charge in [-0.15, -0.1) is 0 Å². The van der Waals surface area contributed by atoms with Crippen LogP contribution in [0, 0.1) is 13.8 Å². The Labute approximate surface area is 162 Å². The molecule has 3 rings (SSSR count). The van der Waals surface area contributed by atoms with Gasteiger partial charge in [-0.25, -0.2) is 9.91 Å². The Bertz CT molecular complexity index is 958. The molecule has 1 aromatic heterocycles. The summed E-state index contributed by atoms with van der Waals surface area (Å²) in [4.78, 5) is 54.8. The molecule has 0 spiro atoms. The van der Waals surface area contributed by atoms with Crippen LogP contribution in [0.25, 0.3) is 0 Å². The molecule has 0 bridgehead atoms. The van der Waals surface area contributed by atoms with Gasteiger partial charge in [-0.05, 0) is 49.2 Å². The van der Waals surface area contributed by atoms with E-state index < -0.39 is 29.7 Å². The van der Waals surface area contributed by atoms with Crippen molar-refractivity contribution >= 4 is 29.3 Å². The molecule has 1 fully saturated rings. The Kier molecular flexibility index (Phi) is 5.21. The van der Waals surface area contributed by atoms with Crippen LogP contribution in [0.5, 0.6) is 0 Å². The van der Waals surface area contributed by atoms with Crippen molar-refractivity contribution in [1.82, 2.24) is 15.4 Å². The van der Waals surface area contributed by atoms with E-state index in [2.05, 4.69) is 10.4 Å². The number of imide groups is 1. The third-order valence-corrected chi connectivity index (χ3v) is 4.67. The lowest BCUT2D eigenvalue weighted by Gasteiger charge is -2.26. The number of anilines is 1. The van der Waals surface area contributed by atoms with Gasteiger partial charge in [0.2, 0.25) is 11.8 Å². The molecule has 0 saturated carbocycles. The fourth-order valence-electron chi connectivity index (χ4n) is 3.00. The summed E-state index contributed by atoms with van der Waals surface area (Å²) in [6.07, 6.45) is 2.65. The number of carbonyl (C=O) groups is 4. The van der Waals surface area contributed by atoms with Crippen molar-refractivity contribution in [1.29, 1.82) is 0 Å². The second kappa shape index (κ2) is 7.59. The van der Waals surface area contributed by atoms with E-state index in [1.165, 1.54) is 25.4 Å². The zero-order valence-corrected chi connectivity index (χ0v) is 15.8. The number of pyridine rings is 1. The molecule has 0 unspecified atom stereocenters. The fraction of sp³-hybridized carbons (Fsp3) is 0.250. The molecule has 0 aliphatic carbocycles. The number of hydrogen-bond acceptors (Lipinski definition) is 5. The molecular weight excluding hydrogens is 360 g/mol. The SMILES string of the molecule is CC(=O)N(NC(=O)c1cccnc1)[C@H]1CC(=O)N(c2ccc(C)c(C)c2)C1=O. The first-order valence-corrected chi connectivity index (χ1v) is 8.74. The number of aromatic nitrogens is 1. The number of amides is 4. The normalized spacial score (nSPS) is 16.2. The van der Waals surface area contributed by atoms with Crippen LogP contribution in [0.2, 0.25) is 0 Å². The third-order valence-electron chi connectivity index (χ3n) is 4.67. The Morgan fingerprint density at radius 3 is 2.54 bits per heavy atom. The molecule has 1 aliphatic rings. The minimum Gasteiger partial charge on any atom is -0.274 e. The third kappa shape index (κ3) is 3.62. The van der Waals surface area contributed by atoms with E-state index in [4.69, 9.17) is 0 Å². The van der Waals surface area contributed by atoms with Gasteiger partial charge in [-0.3, -0.25) is 29.6 Å². The van der Waals surface area contributed by atoms with Crippen LogP contribution in [-0.2, 0) is 14.4 Å². The number of nitrogens with one attached hydrogen (secondary N) is 1. The summed E-state index contributed by atoms with van der Waals surface area (Å²) in [5.74, 6) is -2.13. The molecule has 4 amide bonds. The van der Waals surface area contributed by atoms with Gasteiger partial charge in [0.1, 0.15) is 6.04 Å². The molecular formula is C20H20N4O4. The highest BCUT2D eigenvalue weighted by Crippen LogP contribution is 2.27. The van der Waals surface area contributed by atoms with E-state index in [-0.39, 0.29) is 12.0 Å². The molecule has 28 heavy (non-hydrogen) atoms. The van der Waals surface area contributed by atoms with Gasteiger partial charge in [-0.2, -0.15) is 0 Å². The highest BCUT2D eigenvalue weighted by atomic mass is 16.2. The van der Waals surface area contributed by atoms with Gasteiger partial charge in [0.15, 0.2) is 0 Å².